The highest BCUT2D eigenvalue weighted by Crippen LogP contribution is 2.28. The monoisotopic (exact) mass is 515 g/mol. The van der Waals surface area contributed by atoms with Crippen molar-refractivity contribution in [3.05, 3.63) is 60.0 Å². The lowest BCUT2D eigenvalue weighted by atomic mass is 10.1. The highest BCUT2D eigenvalue weighted by molar-refractivity contribution is 5.63. The van der Waals surface area contributed by atoms with E-state index in [0.29, 0.717) is 35.2 Å². The fourth-order valence-electron chi connectivity index (χ4n) is 3.96. The Hall–Kier alpha value is -3.93. The molecule has 1 fully saturated rings. The minimum absolute atomic E-state index is 0. The summed E-state index contributed by atoms with van der Waals surface area (Å²) in [5.74, 6) is 2.12. The third-order valence-corrected chi connectivity index (χ3v) is 5.94. The van der Waals surface area contributed by atoms with E-state index in [0.717, 1.165) is 37.6 Å². The van der Waals surface area contributed by atoms with Crippen LogP contribution in [0.2, 0.25) is 0 Å². The van der Waals surface area contributed by atoms with Crippen molar-refractivity contribution in [2.45, 2.75) is 27.3 Å². The number of pyridine rings is 1. The van der Waals surface area contributed by atoms with Gasteiger partial charge in [0.05, 0.1) is 6.54 Å². The van der Waals surface area contributed by atoms with Crippen molar-refractivity contribution in [1.29, 1.82) is 0 Å². The minimum atomic E-state index is -4.74. The SMILES string of the molecule is C.Cc1nc(-c2cc(-c3ccc(OC(F)(F)F)cc3)on2)nn1Cc1ccnc(N2CCN(C)CC2)c1. The van der Waals surface area contributed by atoms with Crippen LogP contribution in [0.3, 0.4) is 0 Å². The number of aryl methyl sites for hydroxylation is 1. The Labute approximate surface area is 212 Å². The van der Waals surface area contributed by atoms with Crippen LogP contribution in [0.25, 0.3) is 22.8 Å². The van der Waals surface area contributed by atoms with Gasteiger partial charge in [-0.2, -0.15) is 0 Å². The number of halogens is 3. The topological polar surface area (TPSA) is 85.3 Å². The first-order chi connectivity index (χ1) is 17.2. The first kappa shape index (κ1) is 26.1. The van der Waals surface area contributed by atoms with Crippen molar-refractivity contribution in [1.82, 2.24) is 29.8 Å². The maximum absolute atomic E-state index is 12.4. The standard InChI is InChI=1S/C24H24F3N7O2.CH4/c1-16-29-23(20-14-21(36-31-20)18-3-5-19(6-4-18)35-24(25,26)27)30-34(16)15-17-7-8-28-22(13-17)33-11-9-32(2)10-12-33;/h3-8,13-14H,9-12,15H2,1-2H3;1H4. The number of ether oxygens (including phenoxy) is 1. The highest BCUT2D eigenvalue weighted by Gasteiger charge is 2.31. The molecule has 1 aliphatic heterocycles. The minimum Gasteiger partial charge on any atom is -0.406 e. The smallest absolute Gasteiger partial charge is 0.406 e. The molecule has 0 saturated carbocycles. The molecule has 0 N–H and O–H groups in total. The van der Waals surface area contributed by atoms with Crippen molar-refractivity contribution in [3.63, 3.8) is 0 Å². The molecule has 0 unspecified atom stereocenters. The van der Waals surface area contributed by atoms with Crippen LogP contribution in [0.5, 0.6) is 5.75 Å². The number of piperazine rings is 1. The van der Waals surface area contributed by atoms with Crippen LogP contribution in [-0.2, 0) is 6.54 Å². The maximum atomic E-state index is 12.4. The summed E-state index contributed by atoms with van der Waals surface area (Å²) in [6.07, 6.45) is -2.93. The summed E-state index contributed by atoms with van der Waals surface area (Å²) in [5.41, 5.74) is 2.03. The summed E-state index contributed by atoms with van der Waals surface area (Å²) in [5, 5.41) is 8.63. The molecule has 5 rings (SSSR count). The molecule has 0 spiro atoms. The Morgan fingerprint density at radius 1 is 1.03 bits per heavy atom. The molecule has 12 heteroatoms. The molecule has 0 amide bonds. The second kappa shape index (κ2) is 10.6. The number of likely N-dealkylation sites (N-methyl/N-ethyl adjacent to an activating group) is 1. The van der Waals surface area contributed by atoms with E-state index in [-0.39, 0.29) is 13.2 Å². The first-order valence-electron chi connectivity index (χ1n) is 11.4. The molecule has 196 valence electrons. The number of nitrogens with zero attached hydrogens (tertiary/aromatic N) is 7. The molecule has 1 saturated heterocycles. The lowest BCUT2D eigenvalue weighted by Gasteiger charge is -2.33. The Bertz CT molecular complexity index is 1330. The molecule has 1 aromatic carbocycles. The van der Waals surface area contributed by atoms with E-state index >= 15 is 0 Å². The summed E-state index contributed by atoms with van der Waals surface area (Å²) in [7, 11) is 2.12. The van der Waals surface area contributed by atoms with Crippen LogP contribution in [0, 0.1) is 6.92 Å². The van der Waals surface area contributed by atoms with Crippen molar-refractivity contribution in [3.8, 4) is 28.6 Å². The van der Waals surface area contributed by atoms with Gasteiger partial charge >= 0.3 is 6.36 Å². The first-order valence-corrected chi connectivity index (χ1v) is 11.4. The number of hydrogen-bond acceptors (Lipinski definition) is 8. The molecule has 9 nitrogen and oxygen atoms in total. The number of hydrogen-bond donors (Lipinski definition) is 0. The lowest BCUT2D eigenvalue weighted by Crippen LogP contribution is -2.44. The molecule has 1 aliphatic rings. The van der Waals surface area contributed by atoms with Crippen molar-refractivity contribution >= 4 is 5.82 Å². The van der Waals surface area contributed by atoms with Crippen LogP contribution >= 0.6 is 0 Å². The zero-order valence-electron chi connectivity index (χ0n) is 19.7. The predicted molar refractivity (Wildman–Crippen MR) is 132 cm³/mol. The summed E-state index contributed by atoms with van der Waals surface area (Å²) < 4.78 is 48.2. The van der Waals surface area contributed by atoms with Gasteiger partial charge in [0.1, 0.15) is 17.4 Å². The molecule has 0 aliphatic carbocycles. The summed E-state index contributed by atoms with van der Waals surface area (Å²) in [6.45, 7) is 6.26. The molecule has 4 aromatic rings. The average molecular weight is 516 g/mol. The summed E-state index contributed by atoms with van der Waals surface area (Å²) in [4.78, 5) is 13.6. The Morgan fingerprint density at radius 3 is 2.46 bits per heavy atom. The van der Waals surface area contributed by atoms with Crippen molar-refractivity contribution in [2.24, 2.45) is 0 Å². The zero-order chi connectivity index (χ0) is 25.3. The highest BCUT2D eigenvalue weighted by atomic mass is 19.4. The van der Waals surface area contributed by atoms with Crippen LogP contribution in [0.4, 0.5) is 19.0 Å². The third kappa shape index (κ3) is 6.26. The molecular formula is C25H28F3N7O2. The molecule has 4 heterocycles. The number of anilines is 1. The molecule has 0 bridgehead atoms. The maximum Gasteiger partial charge on any atom is 0.573 e. The van der Waals surface area contributed by atoms with Gasteiger partial charge in [-0.15, -0.1) is 18.3 Å². The fraction of sp³-hybridized carbons (Fsp3) is 0.360. The normalized spacial score (nSPS) is 14.5. The van der Waals surface area contributed by atoms with E-state index < -0.39 is 6.36 Å². The van der Waals surface area contributed by atoms with Gasteiger partial charge in [0.25, 0.3) is 0 Å². The van der Waals surface area contributed by atoms with Gasteiger partial charge < -0.3 is 19.1 Å². The summed E-state index contributed by atoms with van der Waals surface area (Å²) >= 11 is 0. The van der Waals surface area contributed by atoms with E-state index in [9.17, 15) is 13.2 Å². The Kier molecular flexibility index (Phi) is 7.48. The van der Waals surface area contributed by atoms with E-state index in [4.69, 9.17) is 4.52 Å². The van der Waals surface area contributed by atoms with Gasteiger partial charge in [-0.1, -0.05) is 12.6 Å². The van der Waals surface area contributed by atoms with Crippen LogP contribution in [-0.4, -0.2) is 69.4 Å². The second-order valence-corrected chi connectivity index (χ2v) is 8.60. The van der Waals surface area contributed by atoms with E-state index in [1.54, 1.807) is 10.7 Å². The van der Waals surface area contributed by atoms with Gasteiger partial charge in [-0.25, -0.2) is 14.6 Å². The largest absolute Gasteiger partial charge is 0.573 e. The Balaban J connectivity index is 0.00000320. The van der Waals surface area contributed by atoms with Crippen LogP contribution < -0.4 is 9.64 Å². The second-order valence-electron chi connectivity index (χ2n) is 8.60. The van der Waals surface area contributed by atoms with E-state index in [2.05, 4.69) is 47.9 Å². The zero-order valence-corrected chi connectivity index (χ0v) is 19.7. The van der Waals surface area contributed by atoms with Gasteiger partial charge in [-0.3, -0.25) is 0 Å². The van der Waals surface area contributed by atoms with Crippen molar-refractivity contribution < 1.29 is 22.4 Å². The number of alkyl halides is 3. The predicted octanol–water partition coefficient (Wildman–Crippen LogP) is 4.64. The molecule has 3 aromatic heterocycles. The summed E-state index contributed by atoms with van der Waals surface area (Å²) in [6, 6.07) is 11.0. The fourth-order valence-corrected chi connectivity index (χ4v) is 3.96. The van der Waals surface area contributed by atoms with Gasteiger partial charge in [0.2, 0.25) is 5.82 Å². The van der Waals surface area contributed by atoms with Gasteiger partial charge in [0, 0.05) is 44.0 Å². The lowest BCUT2D eigenvalue weighted by molar-refractivity contribution is -0.274. The molecule has 37 heavy (non-hydrogen) atoms. The molecule has 0 atom stereocenters. The van der Waals surface area contributed by atoms with Crippen LogP contribution in [0.1, 0.15) is 18.8 Å². The molecule has 0 radical (unpaired) electrons. The average Bonchev–Trinajstić information content (AvgIpc) is 3.47. The third-order valence-electron chi connectivity index (χ3n) is 5.94. The van der Waals surface area contributed by atoms with E-state index in [1.807, 2.05) is 19.2 Å². The quantitative estimate of drug-likeness (QED) is 0.367. The van der Waals surface area contributed by atoms with E-state index in [1.165, 1.54) is 24.3 Å². The number of aromatic nitrogens is 5. The van der Waals surface area contributed by atoms with Crippen molar-refractivity contribution in [2.75, 3.05) is 38.1 Å². The van der Waals surface area contributed by atoms with Crippen LogP contribution in [0.15, 0.2) is 53.2 Å². The molecular weight excluding hydrogens is 487 g/mol. The number of rotatable bonds is 6. The van der Waals surface area contributed by atoms with Gasteiger partial charge in [-0.05, 0) is 55.9 Å². The number of benzene rings is 1. The Morgan fingerprint density at radius 2 is 1.76 bits per heavy atom. The van der Waals surface area contributed by atoms with Gasteiger partial charge in [0.15, 0.2) is 11.5 Å².